The minimum Gasteiger partial charge on any atom is -0.457 e. The van der Waals surface area contributed by atoms with E-state index in [2.05, 4.69) is 31.0 Å². The Morgan fingerprint density at radius 3 is 2.44 bits per heavy atom. The lowest BCUT2D eigenvalue weighted by atomic mass is 10.0. The number of esters is 1. The van der Waals surface area contributed by atoms with Crippen molar-refractivity contribution in [3.63, 3.8) is 0 Å². The summed E-state index contributed by atoms with van der Waals surface area (Å²) in [6, 6.07) is 17.9. The maximum Gasteiger partial charge on any atom is 0.340 e. The number of aromatic amines is 1. The summed E-state index contributed by atoms with van der Waals surface area (Å²) in [6.07, 6.45) is 3.75. The summed E-state index contributed by atoms with van der Waals surface area (Å²) in [5.74, 6) is -0.274. The Morgan fingerprint density at radius 2 is 1.76 bits per heavy atom. The van der Waals surface area contributed by atoms with Crippen LogP contribution in [-0.4, -0.2) is 11.0 Å². The summed E-state index contributed by atoms with van der Waals surface area (Å²) in [5.41, 5.74) is 5.68. The Morgan fingerprint density at radius 1 is 1.04 bits per heavy atom. The monoisotopic (exact) mass is 333 g/mol. The fourth-order valence-electron chi connectivity index (χ4n) is 2.91. The molecule has 0 radical (unpaired) electrons. The van der Waals surface area contributed by atoms with E-state index in [0.29, 0.717) is 5.56 Å². The zero-order chi connectivity index (χ0) is 17.6. The van der Waals surface area contributed by atoms with Crippen LogP contribution in [0.1, 0.15) is 40.4 Å². The molecular weight excluding hydrogens is 310 g/mol. The summed E-state index contributed by atoms with van der Waals surface area (Å²) in [4.78, 5) is 16.1. The average molecular weight is 333 g/mol. The van der Waals surface area contributed by atoms with Crippen LogP contribution in [0.4, 0.5) is 0 Å². The topological polar surface area (TPSA) is 42.1 Å². The van der Waals surface area contributed by atoms with E-state index < -0.39 is 0 Å². The van der Waals surface area contributed by atoms with Crippen molar-refractivity contribution in [3.05, 3.63) is 83.0 Å². The molecule has 0 unspecified atom stereocenters. The fraction of sp³-hybridized carbons (Fsp3) is 0.227. The zero-order valence-corrected chi connectivity index (χ0v) is 14.7. The summed E-state index contributed by atoms with van der Waals surface area (Å²) in [6.45, 7) is 4.44. The molecule has 3 nitrogen and oxygen atoms in total. The van der Waals surface area contributed by atoms with E-state index in [1.54, 1.807) is 0 Å². The molecule has 25 heavy (non-hydrogen) atoms. The summed E-state index contributed by atoms with van der Waals surface area (Å²) in [7, 11) is 0. The van der Waals surface area contributed by atoms with Gasteiger partial charge in [0.25, 0.3) is 0 Å². The van der Waals surface area contributed by atoms with Crippen LogP contribution in [0, 0.1) is 6.92 Å². The number of hydrogen-bond donors (Lipinski definition) is 1. The molecule has 0 saturated heterocycles. The molecule has 3 aromatic rings. The van der Waals surface area contributed by atoms with Gasteiger partial charge < -0.3 is 9.72 Å². The molecule has 3 rings (SSSR count). The van der Waals surface area contributed by atoms with Gasteiger partial charge in [-0.2, -0.15) is 0 Å². The van der Waals surface area contributed by atoms with Crippen molar-refractivity contribution in [2.75, 3.05) is 0 Å². The first-order chi connectivity index (χ1) is 12.2. The van der Waals surface area contributed by atoms with Crippen molar-refractivity contribution in [1.29, 1.82) is 0 Å². The molecule has 0 spiro atoms. The molecule has 0 aliphatic heterocycles. The van der Waals surface area contributed by atoms with Gasteiger partial charge in [-0.1, -0.05) is 73.5 Å². The Bertz CT molecular complexity index is 832. The highest BCUT2D eigenvalue weighted by Crippen LogP contribution is 2.27. The molecule has 0 fully saturated rings. The lowest BCUT2D eigenvalue weighted by Crippen LogP contribution is -2.08. The van der Waals surface area contributed by atoms with Gasteiger partial charge in [-0.15, -0.1) is 0 Å². The van der Waals surface area contributed by atoms with Gasteiger partial charge in [-0.05, 0) is 30.0 Å². The summed E-state index contributed by atoms with van der Waals surface area (Å²) in [5, 5.41) is 0. The third-order valence-electron chi connectivity index (χ3n) is 4.24. The number of aromatic nitrogens is 1. The molecule has 0 atom stereocenters. The van der Waals surface area contributed by atoms with Gasteiger partial charge in [0, 0.05) is 6.20 Å². The number of ether oxygens (including phenoxy) is 1. The van der Waals surface area contributed by atoms with Crippen LogP contribution >= 0.6 is 0 Å². The number of carbonyl (C=O) groups excluding carboxylic acids is 1. The van der Waals surface area contributed by atoms with Crippen LogP contribution in [0.2, 0.25) is 0 Å². The number of aryl methyl sites for hydroxylation is 2. The molecule has 3 heteroatoms. The summed E-state index contributed by atoms with van der Waals surface area (Å²) < 4.78 is 5.59. The maximum absolute atomic E-state index is 12.8. The van der Waals surface area contributed by atoms with E-state index >= 15 is 0 Å². The SMILES string of the molecule is CCCc1c[nH]c(-c2ccc(C)cc2)c1C(=O)OCc1ccccc1. The van der Waals surface area contributed by atoms with Crippen molar-refractivity contribution in [3.8, 4) is 11.3 Å². The second-order valence-corrected chi connectivity index (χ2v) is 6.24. The van der Waals surface area contributed by atoms with Crippen molar-refractivity contribution in [1.82, 2.24) is 4.98 Å². The minimum atomic E-state index is -0.274. The van der Waals surface area contributed by atoms with Gasteiger partial charge in [-0.3, -0.25) is 0 Å². The Hall–Kier alpha value is -2.81. The van der Waals surface area contributed by atoms with Crippen molar-refractivity contribution < 1.29 is 9.53 Å². The Balaban J connectivity index is 1.88. The van der Waals surface area contributed by atoms with E-state index in [9.17, 15) is 4.79 Å². The highest BCUT2D eigenvalue weighted by atomic mass is 16.5. The molecular formula is C22H23NO2. The standard InChI is InChI=1S/C22H23NO2/c1-3-7-19-14-23-21(18-12-10-16(2)11-13-18)20(19)22(24)25-15-17-8-5-4-6-9-17/h4-6,8-14,23H,3,7,15H2,1-2H3. The van der Waals surface area contributed by atoms with E-state index in [4.69, 9.17) is 4.74 Å². The van der Waals surface area contributed by atoms with Gasteiger partial charge in [0.05, 0.1) is 11.3 Å². The van der Waals surface area contributed by atoms with Crippen LogP contribution in [-0.2, 0) is 17.8 Å². The molecule has 1 aromatic heterocycles. The van der Waals surface area contributed by atoms with E-state index in [1.165, 1.54) is 5.56 Å². The third kappa shape index (κ3) is 4.00. The maximum atomic E-state index is 12.8. The molecule has 2 aromatic carbocycles. The lowest BCUT2D eigenvalue weighted by Gasteiger charge is -2.09. The molecule has 0 amide bonds. The van der Waals surface area contributed by atoms with E-state index in [0.717, 1.165) is 35.2 Å². The average Bonchev–Trinajstić information content (AvgIpc) is 3.05. The summed E-state index contributed by atoms with van der Waals surface area (Å²) >= 11 is 0. The van der Waals surface area contributed by atoms with Crippen LogP contribution < -0.4 is 0 Å². The normalized spacial score (nSPS) is 10.6. The molecule has 0 saturated carbocycles. The predicted molar refractivity (Wildman–Crippen MR) is 101 cm³/mol. The Kier molecular flexibility index (Phi) is 5.34. The highest BCUT2D eigenvalue weighted by Gasteiger charge is 2.20. The van der Waals surface area contributed by atoms with Gasteiger partial charge in [0.15, 0.2) is 0 Å². The second kappa shape index (κ2) is 7.84. The molecule has 0 aliphatic carbocycles. The highest BCUT2D eigenvalue weighted by molar-refractivity contribution is 5.98. The third-order valence-corrected chi connectivity index (χ3v) is 4.24. The largest absolute Gasteiger partial charge is 0.457 e. The number of rotatable bonds is 6. The predicted octanol–water partition coefficient (Wildman–Crippen LogP) is 5.30. The molecule has 128 valence electrons. The number of carbonyl (C=O) groups is 1. The quantitative estimate of drug-likeness (QED) is 0.622. The van der Waals surface area contributed by atoms with Gasteiger partial charge >= 0.3 is 5.97 Å². The van der Waals surface area contributed by atoms with Crippen LogP contribution in [0.3, 0.4) is 0 Å². The van der Waals surface area contributed by atoms with Gasteiger partial charge in [-0.25, -0.2) is 4.79 Å². The zero-order valence-electron chi connectivity index (χ0n) is 14.7. The van der Waals surface area contributed by atoms with E-state index in [1.807, 2.05) is 48.7 Å². The number of H-pyrrole nitrogens is 1. The lowest BCUT2D eigenvalue weighted by molar-refractivity contribution is 0.0472. The van der Waals surface area contributed by atoms with Crippen molar-refractivity contribution >= 4 is 5.97 Å². The van der Waals surface area contributed by atoms with Gasteiger partial charge in [0.2, 0.25) is 0 Å². The number of hydrogen-bond acceptors (Lipinski definition) is 2. The Labute approximate surface area is 148 Å². The molecule has 0 bridgehead atoms. The minimum absolute atomic E-state index is 0.274. The van der Waals surface area contributed by atoms with Crippen LogP contribution in [0.25, 0.3) is 11.3 Å². The smallest absolute Gasteiger partial charge is 0.340 e. The first kappa shape index (κ1) is 17.0. The fourth-order valence-corrected chi connectivity index (χ4v) is 2.91. The number of nitrogens with one attached hydrogen (secondary N) is 1. The first-order valence-corrected chi connectivity index (χ1v) is 8.67. The van der Waals surface area contributed by atoms with E-state index in [-0.39, 0.29) is 12.6 Å². The molecule has 1 heterocycles. The molecule has 1 N–H and O–H groups in total. The van der Waals surface area contributed by atoms with Crippen LogP contribution in [0.5, 0.6) is 0 Å². The van der Waals surface area contributed by atoms with Crippen LogP contribution in [0.15, 0.2) is 60.8 Å². The van der Waals surface area contributed by atoms with Gasteiger partial charge in [0.1, 0.15) is 6.61 Å². The first-order valence-electron chi connectivity index (χ1n) is 8.67. The van der Waals surface area contributed by atoms with Crippen molar-refractivity contribution in [2.24, 2.45) is 0 Å². The molecule has 0 aliphatic rings. The van der Waals surface area contributed by atoms with Crippen molar-refractivity contribution in [2.45, 2.75) is 33.3 Å². The number of benzene rings is 2. The second-order valence-electron chi connectivity index (χ2n) is 6.24.